The maximum absolute atomic E-state index is 15.5. The van der Waals surface area contributed by atoms with E-state index in [1.54, 1.807) is 74.5 Å². The van der Waals surface area contributed by atoms with E-state index in [0.717, 1.165) is 10.8 Å². The number of nitrogens with one attached hydrogen (secondary N) is 14. The Kier molecular flexibility index (Phi) is 38.2. The Balaban J connectivity index is 0.00000293. The highest BCUT2D eigenvalue weighted by atomic mass is 35.5. The van der Waals surface area contributed by atoms with Crippen molar-refractivity contribution in [2.24, 2.45) is 11.7 Å². The maximum atomic E-state index is 15.5. The van der Waals surface area contributed by atoms with E-state index in [2.05, 4.69) is 85.2 Å². The number of hydrogen-bond acceptors (Lipinski definition) is 20. The molecule has 20 N–H and O–H groups in total. The van der Waals surface area contributed by atoms with Gasteiger partial charge in [-0.25, -0.2) is 14.4 Å². The molecule has 36 nitrogen and oxygen atoms in total. The van der Waals surface area contributed by atoms with Crippen LogP contribution in [0.2, 0.25) is 5.02 Å². The molecule has 0 spiro atoms. The number of imide groups is 1. The number of primary amides is 1. The van der Waals surface area contributed by atoms with Crippen LogP contribution >= 0.6 is 11.6 Å². The van der Waals surface area contributed by atoms with Crippen LogP contribution < -0.4 is 91.0 Å². The van der Waals surface area contributed by atoms with Gasteiger partial charge in [-0.05, 0) is 132 Å². The third-order valence-corrected chi connectivity index (χ3v) is 20.3. The number of rotatable bonds is 42. The number of nitrogens with zero attached hydrogens (tertiary/aromatic N) is 2. The lowest BCUT2D eigenvalue weighted by molar-refractivity contribution is -0.344. The van der Waals surface area contributed by atoms with Gasteiger partial charge >= 0.3 is 24.1 Å². The fourth-order valence-electron chi connectivity index (χ4n) is 13.5. The van der Waals surface area contributed by atoms with Gasteiger partial charge in [-0.1, -0.05) is 136 Å². The number of quaternary nitrogens is 1. The van der Waals surface area contributed by atoms with Crippen molar-refractivity contribution in [3.8, 4) is 0 Å². The predicted octanol–water partition coefficient (Wildman–Crippen LogP) is -0.226. The van der Waals surface area contributed by atoms with Crippen molar-refractivity contribution in [2.45, 2.75) is 204 Å². The molecule has 0 bridgehead atoms. The molecule has 2 aliphatic heterocycles. The first-order valence-corrected chi connectivity index (χ1v) is 40.8. The number of nitrogens with two attached hydrogens (primary N) is 1. The summed E-state index contributed by atoms with van der Waals surface area (Å²) >= 11 is 6.27. The number of pyridine rings is 1. The first-order chi connectivity index (χ1) is 59.2. The summed E-state index contributed by atoms with van der Waals surface area (Å²) in [6, 6.07) is 18.2. The zero-order valence-corrected chi connectivity index (χ0v) is 70.4. The minimum absolute atomic E-state index is 0.00628. The number of likely N-dealkylation sites (tertiary alicyclic amines) is 1. The zero-order chi connectivity index (χ0) is 91.8. The van der Waals surface area contributed by atoms with E-state index < -0.39 is 180 Å². The number of benzene rings is 5. The topological polar surface area (TPSA) is 555 Å². The second-order valence-corrected chi connectivity index (χ2v) is 31.4. The van der Waals surface area contributed by atoms with Crippen molar-refractivity contribution in [3.05, 3.63) is 178 Å². The zero-order valence-electron chi connectivity index (χ0n) is 69.7. The van der Waals surface area contributed by atoms with Crippen LogP contribution in [0.5, 0.6) is 0 Å². The number of unbranched alkanes of at least 4 members (excludes halogenated alkanes) is 1. The molecular weight excluding hydrogens is 1650 g/mol. The largest absolute Gasteiger partial charge is 0.542 e. The Labute approximate surface area is 723 Å². The minimum atomic E-state index is -5.19. The predicted molar refractivity (Wildman–Crippen MR) is 447 cm³/mol. The fraction of sp³-hybridized carbons (Fsp3) is 0.424. The first-order valence-electron chi connectivity index (χ1n) is 40.4. The van der Waals surface area contributed by atoms with Gasteiger partial charge in [0.1, 0.15) is 72.4 Å². The number of carbonyl (C=O) groups excluding carboxylic acids is 16. The molecule has 11 atom stereocenters. The number of halogens is 4. The van der Waals surface area contributed by atoms with Crippen molar-refractivity contribution in [1.29, 1.82) is 0 Å². The highest BCUT2D eigenvalue weighted by Crippen LogP contribution is 2.24. The van der Waals surface area contributed by atoms with Crippen LogP contribution in [-0.2, 0) is 106 Å². The van der Waals surface area contributed by atoms with Crippen molar-refractivity contribution >= 4 is 123 Å². The molecule has 8 rings (SSSR count). The van der Waals surface area contributed by atoms with Crippen LogP contribution in [0, 0.1) is 5.92 Å². The Morgan fingerprint density at radius 2 is 1.07 bits per heavy atom. The number of alkyl halides is 3. The number of fused-ring (bicyclic) bond motifs is 1. The average molecular weight is 1760 g/mol. The Bertz CT molecular complexity index is 4790. The summed E-state index contributed by atoms with van der Waals surface area (Å²) in [5.74, 6) is -13.6. The second-order valence-electron chi connectivity index (χ2n) is 31.0. The van der Waals surface area contributed by atoms with Crippen LogP contribution in [0.15, 0.2) is 140 Å². The minimum Gasteiger partial charge on any atom is -0.542 e. The summed E-state index contributed by atoms with van der Waals surface area (Å²) < 4.78 is 31.5. The molecule has 1 aromatic heterocycles. The number of hydrogen-bond donors (Lipinski definition) is 17. The molecule has 2 saturated heterocycles. The van der Waals surface area contributed by atoms with Gasteiger partial charge in [-0.3, -0.25) is 73.6 Å². The molecule has 0 saturated carbocycles. The van der Waals surface area contributed by atoms with Crippen LogP contribution in [0.3, 0.4) is 0 Å². The summed E-state index contributed by atoms with van der Waals surface area (Å²) in [5, 5.41) is 59.5. The number of urea groups is 2. The lowest BCUT2D eigenvalue weighted by Gasteiger charge is -2.31. The van der Waals surface area contributed by atoms with E-state index in [9.17, 15) is 66.2 Å². The van der Waals surface area contributed by atoms with Crippen LogP contribution in [0.25, 0.3) is 10.8 Å². The SMILES string of the molecule is CC(=O)N[C@H](Cc1ccc2ccccc2c1)C(=O)N[C@H](Cc1ccc(Cl)cc1)C(=O)N[C@H](Cc1cccnc1)C(=O)N[C@@H](CO)C(=O)N[C@@H](Cc1ccc(NC(=O)[C@H]2CC(=O)NC(=O)N2)cc1)C(=O)N[C@H](Cc1ccc(CNC(N)=O)cc1)C(=O)N[C@@H](CC(C)C)C(=O)N[C@@H](CCCCNC(C)C)C(=O)N1CCC[C@H]1C(=O)N[C@H](C)C([NH3+])=O.O=C([O-])C(F)(F)F. The van der Waals surface area contributed by atoms with Gasteiger partial charge in [0.2, 0.25) is 70.9 Å². The fourth-order valence-corrected chi connectivity index (χ4v) is 13.6. The summed E-state index contributed by atoms with van der Waals surface area (Å²) in [4.78, 5) is 222. The number of carboxylic acid groups (broad SMARTS) is 1. The van der Waals surface area contributed by atoms with Crippen molar-refractivity contribution < 1.29 is 106 Å². The van der Waals surface area contributed by atoms with Crippen LogP contribution in [-0.4, -0.2) is 208 Å². The monoisotopic (exact) mass is 1760 g/mol. The van der Waals surface area contributed by atoms with E-state index in [0.29, 0.717) is 64.2 Å². The van der Waals surface area contributed by atoms with Gasteiger partial charge in [0.15, 0.2) is 0 Å². The Morgan fingerprint density at radius 1 is 0.592 bits per heavy atom. The molecule has 40 heteroatoms. The van der Waals surface area contributed by atoms with Gasteiger partial charge in [0.05, 0.1) is 13.0 Å². The molecule has 672 valence electrons. The lowest BCUT2D eigenvalue weighted by atomic mass is 9.99. The van der Waals surface area contributed by atoms with E-state index in [1.165, 1.54) is 55.4 Å². The molecule has 0 radical (unpaired) electrons. The quantitative estimate of drug-likeness (QED) is 0.0220. The van der Waals surface area contributed by atoms with Gasteiger partial charge in [-0.15, -0.1) is 0 Å². The van der Waals surface area contributed by atoms with Crippen molar-refractivity contribution in [2.75, 3.05) is 25.0 Å². The molecule has 17 amide bonds. The molecule has 125 heavy (non-hydrogen) atoms. The molecule has 2 fully saturated rings. The number of aromatic nitrogens is 1. The van der Waals surface area contributed by atoms with E-state index in [1.807, 2.05) is 56.3 Å². The molecule has 2 aliphatic rings. The second kappa shape index (κ2) is 48.2. The number of aliphatic hydroxyl groups excluding tert-OH is 1. The lowest BCUT2D eigenvalue weighted by Crippen LogP contribution is -2.66. The summed E-state index contributed by atoms with van der Waals surface area (Å²) in [6.45, 7) is 9.90. The smallest absolute Gasteiger partial charge is 0.430 e. The molecule has 5 aromatic carbocycles. The van der Waals surface area contributed by atoms with Crippen LogP contribution in [0.1, 0.15) is 120 Å². The number of carbonyl (C=O) groups is 16. The summed E-state index contributed by atoms with van der Waals surface area (Å²) in [6.07, 6.45) is -2.00. The van der Waals surface area contributed by atoms with Crippen molar-refractivity contribution in [3.63, 3.8) is 0 Å². The molecule has 0 unspecified atom stereocenters. The highest BCUT2D eigenvalue weighted by Gasteiger charge is 2.41. The Hall–Kier alpha value is -13.0. The summed E-state index contributed by atoms with van der Waals surface area (Å²) in [7, 11) is 0. The number of anilines is 1. The van der Waals surface area contributed by atoms with Gasteiger partial charge in [0.25, 0.3) is 0 Å². The number of aliphatic hydroxyl groups is 1. The number of aliphatic carboxylic acids is 1. The standard InChI is InChI=1S/C83H105ClN18O16.C2HF3O2/c1-46(2)35-61(73(108)93-60(16-9-10-33-88-47(3)4)81(116)102-34-12-17-69(102)80(115)90-48(5)71(85)106)94-75(110)63(37-50-18-20-53(21-19-50)44-89-82(86)117)96-77(112)65(39-52-25-30-59(31-26-52)92-72(107)67-42-70(105)101-83(118)100-67)98-79(114)68(45-103)99-78(113)66(41-55-13-11-32-87-43-55)97-76(111)64(38-51-23-28-58(84)29-24-51)95-74(109)62(91-49(6)104)40-54-22-27-56-14-7-8-15-57(56)36-54;3-2(4,5)1(6)7/h7-8,11,13-15,18-32,36,43,46-48,60-69,88,103H,9-10,12,16-17,33-35,37-42,44-45H2,1-6H3,(H2,85,106)(H,90,115)(H,91,104)(H,92,107)(H,93,108)(H,94,110)(H,95,109)(H,96,112)(H,97,111)(H,98,114)(H,99,113)(H3,86,89,117)(H2,100,101,105,118);(H,6,7)/t48-,60+,61+,62-,63-,64-,65+,66-,67-,68+,69+;/m1./s1. The third-order valence-electron chi connectivity index (χ3n) is 20.0. The average Bonchev–Trinajstić information content (AvgIpc) is 1.78. The van der Waals surface area contributed by atoms with E-state index in [4.69, 9.17) is 27.2 Å². The number of carboxylic acids is 1. The normalized spacial score (nSPS) is 15.8. The Morgan fingerprint density at radius 3 is 1.58 bits per heavy atom. The molecule has 0 aliphatic carbocycles. The maximum Gasteiger partial charge on any atom is 0.430 e. The number of amides is 17. The van der Waals surface area contributed by atoms with E-state index >= 15 is 24.0 Å². The van der Waals surface area contributed by atoms with E-state index in [-0.39, 0.29) is 82.1 Å². The summed E-state index contributed by atoms with van der Waals surface area (Å²) in [5.41, 5.74) is 11.9. The van der Waals surface area contributed by atoms with Gasteiger partial charge < -0.3 is 94.8 Å². The van der Waals surface area contributed by atoms with Gasteiger partial charge in [0, 0.05) is 81.3 Å². The molecule has 3 heterocycles. The van der Waals surface area contributed by atoms with Gasteiger partial charge in [-0.2, -0.15) is 13.2 Å². The first kappa shape index (κ1) is 99.1. The van der Waals surface area contributed by atoms with Crippen molar-refractivity contribution in [1.82, 2.24) is 79.0 Å². The van der Waals surface area contributed by atoms with Crippen LogP contribution in [0.4, 0.5) is 28.4 Å². The molecule has 6 aromatic rings. The third kappa shape index (κ3) is 33.0. The molecular formula is C85H106ClF3N18O18. The highest BCUT2D eigenvalue weighted by molar-refractivity contribution is 6.30.